The molecule has 0 aromatic heterocycles. The smallest absolute Gasteiger partial charge is 0.191 e. The third-order valence-corrected chi connectivity index (χ3v) is 5.91. The van der Waals surface area contributed by atoms with Crippen LogP contribution in [0.5, 0.6) is 0 Å². The Balaban J connectivity index is 0.00000529. The van der Waals surface area contributed by atoms with Crippen LogP contribution in [0.25, 0.3) is 0 Å². The number of nitrogens with zero attached hydrogens (tertiary/aromatic N) is 1. The summed E-state index contributed by atoms with van der Waals surface area (Å²) in [5, 5.41) is 6.96. The lowest BCUT2D eigenvalue weighted by atomic mass is 9.99. The Kier molecular flexibility index (Phi) is 13.7. The number of ether oxygens (including phenoxy) is 1. The summed E-state index contributed by atoms with van der Waals surface area (Å²) < 4.78 is 5.77. The van der Waals surface area contributed by atoms with Crippen LogP contribution in [0.4, 0.5) is 0 Å². The van der Waals surface area contributed by atoms with Crippen molar-refractivity contribution in [1.82, 2.24) is 10.6 Å². The molecule has 1 fully saturated rings. The zero-order valence-electron chi connectivity index (χ0n) is 16.2. The van der Waals surface area contributed by atoms with Crippen LogP contribution in [-0.4, -0.2) is 49.3 Å². The van der Waals surface area contributed by atoms with Gasteiger partial charge in [0.25, 0.3) is 0 Å². The summed E-state index contributed by atoms with van der Waals surface area (Å²) >= 11 is 1.95. The largest absolute Gasteiger partial charge is 0.381 e. The van der Waals surface area contributed by atoms with Crippen LogP contribution in [0.15, 0.2) is 4.99 Å². The fourth-order valence-corrected chi connectivity index (χ4v) is 3.62. The topological polar surface area (TPSA) is 45.7 Å². The van der Waals surface area contributed by atoms with Crippen molar-refractivity contribution in [2.24, 2.45) is 10.9 Å². The number of nitrogens with one attached hydrogen (secondary N) is 2. The van der Waals surface area contributed by atoms with Crippen LogP contribution in [0.2, 0.25) is 0 Å². The van der Waals surface area contributed by atoms with E-state index in [9.17, 15) is 0 Å². The van der Waals surface area contributed by atoms with Gasteiger partial charge in [-0.15, -0.1) is 24.0 Å². The normalized spacial score (nSPS) is 18.8. The summed E-state index contributed by atoms with van der Waals surface area (Å²) in [6.45, 7) is 12.5. The molecule has 1 atom stereocenters. The third kappa shape index (κ3) is 9.70. The first-order chi connectivity index (χ1) is 11.0. The highest BCUT2D eigenvalue weighted by Crippen LogP contribution is 2.33. The van der Waals surface area contributed by atoms with Gasteiger partial charge in [-0.05, 0) is 45.3 Å². The molecule has 1 aliphatic rings. The summed E-state index contributed by atoms with van der Waals surface area (Å²) in [5.41, 5.74) is 0. The zero-order chi connectivity index (χ0) is 17.1. The molecule has 2 N–H and O–H groups in total. The molecule has 0 saturated carbocycles. The van der Waals surface area contributed by atoms with Gasteiger partial charge in [0.2, 0.25) is 0 Å². The molecular weight excluding hydrogens is 433 g/mol. The van der Waals surface area contributed by atoms with E-state index in [0.29, 0.717) is 6.04 Å². The van der Waals surface area contributed by atoms with E-state index in [0.717, 1.165) is 51.0 Å². The Morgan fingerprint density at radius 2 is 1.88 bits per heavy atom. The summed E-state index contributed by atoms with van der Waals surface area (Å²) in [7, 11) is 0. The maximum absolute atomic E-state index is 5.52. The number of guanidine groups is 1. The highest BCUT2D eigenvalue weighted by atomic mass is 127. The van der Waals surface area contributed by atoms with E-state index >= 15 is 0 Å². The first kappa shape index (κ1) is 24.3. The van der Waals surface area contributed by atoms with E-state index in [2.05, 4.69) is 44.6 Å². The first-order valence-electron chi connectivity index (χ1n) is 9.19. The molecule has 0 aromatic carbocycles. The van der Waals surface area contributed by atoms with E-state index < -0.39 is 0 Å². The Morgan fingerprint density at radius 1 is 1.21 bits per heavy atom. The second kappa shape index (κ2) is 13.5. The number of aliphatic imine (C=N–C) groups is 1. The third-order valence-electron chi connectivity index (χ3n) is 4.51. The van der Waals surface area contributed by atoms with Gasteiger partial charge in [-0.25, -0.2) is 0 Å². The lowest BCUT2D eigenvalue weighted by Crippen LogP contribution is -2.44. The molecule has 0 aromatic rings. The van der Waals surface area contributed by atoms with Gasteiger partial charge >= 0.3 is 0 Å². The van der Waals surface area contributed by atoms with E-state index in [1.54, 1.807) is 0 Å². The standard InChI is InChI=1S/C18H37N3OS.HI/c1-6-19-17(21-16(4)9-7-8-15(2)3)20-14-18(23-5)10-12-22-13-11-18;/h15-16H,6-14H2,1-5H3,(H2,19,20,21);1H. The lowest BCUT2D eigenvalue weighted by Gasteiger charge is -2.34. The first-order valence-corrected chi connectivity index (χ1v) is 10.4. The zero-order valence-corrected chi connectivity index (χ0v) is 19.3. The molecule has 144 valence electrons. The molecule has 0 bridgehead atoms. The quantitative estimate of drug-likeness (QED) is 0.299. The van der Waals surface area contributed by atoms with Crippen molar-refractivity contribution in [3.63, 3.8) is 0 Å². The van der Waals surface area contributed by atoms with Crippen molar-refractivity contribution in [3.05, 3.63) is 0 Å². The number of hydrogen-bond acceptors (Lipinski definition) is 3. The number of thioether (sulfide) groups is 1. The van der Waals surface area contributed by atoms with Crippen molar-refractivity contribution >= 4 is 41.7 Å². The minimum Gasteiger partial charge on any atom is -0.381 e. The van der Waals surface area contributed by atoms with Crippen molar-refractivity contribution in [2.75, 3.05) is 32.6 Å². The van der Waals surface area contributed by atoms with Crippen molar-refractivity contribution in [2.45, 2.75) is 70.6 Å². The average Bonchev–Trinajstić information content (AvgIpc) is 2.53. The van der Waals surface area contributed by atoms with Crippen molar-refractivity contribution < 1.29 is 4.74 Å². The van der Waals surface area contributed by atoms with Gasteiger partial charge in [0.1, 0.15) is 0 Å². The van der Waals surface area contributed by atoms with Crippen molar-refractivity contribution in [1.29, 1.82) is 0 Å². The minimum absolute atomic E-state index is 0. The lowest BCUT2D eigenvalue weighted by molar-refractivity contribution is 0.0794. The van der Waals surface area contributed by atoms with Gasteiger partial charge in [0.05, 0.1) is 6.54 Å². The number of hydrogen-bond donors (Lipinski definition) is 2. The summed E-state index contributed by atoms with van der Waals surface area (Å²) in [6, 6.07) is 0.464. The second-order valence-electron chi connectivity index (χ2n) is 7.06. The van der Waals surface area contributed by atoms with Crippen LogP contribution >= 0.6 is 35.7 Å². The summed E-state index contributed by atoms with van der Waals surface area (Å²) in [4.78, 5) is 4.88. The molecule has 1 unspecified atom stereocenters. The second-order valence-corrected chi connectivity index (χ2v) is 8.34. The number of rotatable bonds is 9. The molecule has 0 amide bonds. The molecule has 0 aliphatic carbocycles. The van der Waals surface area contributed by atoms with Crippen LogP contribution in [0, 0.1) is 5.92 Å². The fraction of sp³-hybridized carbons (Fsp3) is 0.944. The van der Waals surface area contributed by atoms with Gasteiger partial charge in [0, 0.05) is 30.5 Å². The fourth-order valence-electron chi connectivity index (χ4n) is 2.85. The molecule has 0 radical (unpaired) electrons. The predicted octanol–water partition coefficient (Wildman–Crippen LogP) is 4.29. The van der Waals surface area contributed by atoms with Crippen LogP contribution in [0.3, 0.4) is 0 Å². The van der Waals surface area contributed by atoms with E-state index in [1.165, 1.54) is 19.3 Å². The predicted molar refractivity (Wildman–Crippen MR) is 119 cm³/mol. The minimum atomic E-state index is 0. The van der Waals surface area contributed by atoms with Crippen molar-refractivity contribution in [3.8, 4) is 0 Å². The Bertz CT molecular complexity index is 347. The molecule has 4 nitrogen and oxygen atoms in total. The molecule has 24 heavy (non-hydrogen) atoms. The molecule has 6 heteroatoms. The molecule has 0 spiro atoms. The number of halogens is 1. The SMILES string of the molecule is CCNC(=NCC1(SC)CCOCC1)NC(C)CCCC(C)C.I. The molecular formula is C18H38IN3OS. The highest BCUT2D eigenvalue weighted by molar-refractivity contribution is 14.0. The van der Waals surface area contributed by atoms with Gasteiger partial charge < -0.3 is 15.4 Å². The van der Waals surface area contributed by atoms with Gasteiger partial charge in [0.15, 0.2) is 5.96 Å². The molecule has 1 saturated heterocycles. The van der Waals surface area contributed by atoms with E-state index in [1.807, 2.05) is 11.8 Å². The average molecular weight is 471 g/mol. The molecule has 1 aliphatic heterocycles. The Labute approximate surface area is 170 Å². The van der Waals surface area contributed by atoms with E-state index in [-0.39, 0.29) is 28.7 Å². The van der Waals surface area contributed by atoms with Gasteiger partial charge in [-0.3, -0.25) is 4.99 Å². The summed E-state index contributed by atoms with van der Waals surface area (Å²) in [5.74, 6) is 1.75. The Hall–Kier alpha value is 0.310. The van der Waals surface area contributed by atoms with Crippen LogP contribution < -0.4 is 10.6 Å². The van der Waals surface area contributed by atoms with Crippen LogP contribution in [0.1, 0.15) is 59.8 Å². The monoisotopic (exact) mass is 471 g/mol. The summed E-state index contributed by atoms with van der Waals surface area (Å²) in [6.07, 6.45) is 8.18. The Morgan fingerprint density at radius 3 is 2.42 bits per heavy atom. The molecule has 1 rings (SSSR count). The molecule has 1 heterocycles. The van der Waals surface area contributed by atoms with E-state index in [4.69, 9.17) is 9.73 Å². The van der Waals surface area contributed by atoms with Gasteiger partial charge in [-0.2, -0.15) is 11.8 Å². The highest BCUT2D eigenvalue weighted by Gasteiger charge is 2.31. The van der Waals surface area contributed by atoms with Crippen LogP contribution in [-0.2, 0) is 4.74 Å². The van der Waals surface area contributed by atoms with Gasteiger partial charge in [-0.1, -0.05) is 26.7 Å². The maximum atomic E-state index is 5.52. The maximum Gasteiger partial charge on any atom is 0.191 e.